The lowest BCUT2D eigenvalue weighted by Crippen LogP contribution is -2.51. The lowest BCUT2D eigenvalue weighted by Gasteiger charge is -2.37. The molecule has 0 fully saturated rings. The van der Waals surface area contributed by atoms with E-state index in [0.717, 1.165) is 0 Å². The maximum Gasteiger partial charge on any atom is 0.317 e. The molecule has 3 amide bonds. The van der Waals surface area contributed by atoms with Gasteiger partial charge in [-0.15, -0.1) is 0 Å². The van der Waals surface area contributed by atoms with Gasteiger partial charge in [-0.1, -0.05) is 18.8 Å². The maximum absolute atomic E-state index is 13.5. The Morgan fingerprint density at radius 3 is 2.61 bits per heavy atom. The second kappa shape index (κ2) is 11.9. The first-order valence-electron chi connectivity index (χ1n) is 12.0. The van der Waals surface area contributed by atoms with Crippen LogP contribution in [0.3, 0.4) is 0 Å². The molecule has 3 rings (SSSR count). The van der Waals surface area contributed by atoms with Gasteiger partial charge in [-0.3, -0.25) is 4.79 Å². The Hall–Kier alpha value is -3.64. The molecule has 2 heterocycles. The summed E-state index contributed by atoms with van der Waals surface area (Å²) in [6, 6.07) is 6.75. The van der Waals surface area contributed by atoms with Crippen LogP contribution in [0.25, 0.3) is 0 Å². The summed E-state index contributed by atoms with van der Waals surface area (Å²) < 4.78 is 19.4. The van der Waals surface area contributed by atoms with E-state index >= 15 is 0 Å². The van der Waals surface area contributed by atoms with Crippen molar-refractivity contribution in [1.29, 1.82) is 0 Å². The fourth-order valence-electron chi connectivity index (χ4n) is 3.78. The number of fused-ring (bicyclic) bond motifs is 1. The minimum atomic E-state index is -0.447. The van der Waals surface area contributed by atoms with Gasteiger partial charge >= 0.3 is 6.03 Å². The highest BCUT2D eigenvalue weighted by atomic mass is 19.1. The lowest BCUT2D eigenvalue weighted by molar-refractivity contribution is 0.0351. The van der Waals surface area contributed by atoms with Gasteiger partial charge in [0, 0.05) is 45.7 Å². The quantitative estimate of drug-likeness (QED) is 0.614. The van der Waals surface area contributed by atoms with Crippen LogP contribution in [0.2, 0.25) is 0 Å². The molecule has 8 nitrogen and oxygen atoms in total. The van der Waals surface area contributed by atoms with Gasteiger partial charge in [0.1, 0.15) is 17.5 Å². The number of carbonyl (C=O) groups excluding carboxylic acids is 2. The number of hydrogen-bond donors (Lipinski definition) is 2. The third-order valence-electron chi connectivity index (χ3n) is 5.93. The summed E-state index contributed by atoms with van der Waals surface area (Å²) in [7, 11) is 1.69. The molecule has 1 aliphatic rings. The largest absolute Gasteiger partial charge is 0.472 e. The second-order valence-electron chi connectivity index (χ2n) is 9.44. The Bertz CT molecular complexity index is 1150. The highest BCUT2D eigenvalue weighted by molar-refractivity contribution is 5.97. The van der Waals surface area contributed by atoms with E-state index in [1.807, 2.05) is 20.8 Å². The highest BCUT2D eigenvalue weighted by Crippen LogP contribution is 2.27. The number of pyridine rings is 1. The van der Waals surface area contributed by atoms with Crippen molar-refractivity contribution in [3.63, 3.8) is 0 Å². The lowest BCUT2D eigenvalue weighted by atomic mass is 10.00. The van der Waals surface area contributed by atoms with E-state index in [-0.39, 0.29) is 57.2 Å². The molecule has 1 aromatic heterocycles. The molecular weight excluding hydrogens is 463 g/mol. The zero-order valence-electron chi connectivity index (χ0n) is 21.3. The van der Waals surface area contributed by atoms with Crippen LogP contribution < -0.4 is 10.1 Å². The number of hydrogen-bond acceptors (Lipinski definition) is 5. The van der Waals surface area contributed by atoms with Crippen LogP contribution in [0.15, 0.2) is 36.5 Å². The van der Waals surface area contributed by atoms with Crippen LogP contribution in [0, 0.1) is 23.6 Å². The Labute approximate surface area is 214 Å². The zero-order chi connectivity index (χ0) is 26.4. The molecule has 3 atom stereocenters. The first-order valence-corrected chi connectivity index (χ1v) is 12.0. The predicted octanol–water partition coefficient (Wildman–Crippen LogP) is 3.38. The number of likely N-dealkylation sites (N-methyl/N-ethyl adjacent to an activating group) is 1. The zero-order valence-corrected chi connectivity index (χ0v) is 21.3. The number of nitrogens with zero attached hydrogens (tertiary/aromatic N) is 3. The number of rotatable bonds is 5. The van der Waals surface area contributed by atoms with Crippen molar-refractivity contribution in [2.24, 2.45) is 5.92 Å². The topological polar surface area (TPSA) is 95.0 Å². The molecule has 0 spiro atoms. The summed E-state index contributed by atoms with van der Waals surface area (Å²) in [6.07, 6.45) is 1.07. The maximum atomic E-state index is 13.5. The average molecular weight is 501 g/mol. The van der Waals surface area contributed by atoms with E-state index in [9.17, 15) is 19.1 Å². The molecule has 1 aromatic carbocycles. The van der Waals surface area contributed by atoms with E-state index in [1.54, 1.807) is 42.0 Å². The van der Waals surface area contributed by atoms with Gasteiger partial charge < -0.3 is 25.0 Å². The van der Waals surface area contributed by atoms with Gasteiger partial charge in [0.2, 0.25) is 5.88 Å². The molecule has 2 aromatic rings. The molecule has 0 radical (unpaired) electrons. The Morgan fingerprint density at radius 1 is 1.31 bits per heavy atom. The predicted molar refractivity (Wildman–Crippen MR) is 138 cm³/mol. The molecule has 9 heteroatoms. The molecule has 0 saturated carbocycles. The van der Waals surface area contributed by atoms with Crippen molar-refractivity contribution in [3.05, 3.63) is 59.0 Å². The third-order valence-corrected chi connectivity index (χ3v) is 5.93. The number of halogens is 1. The van der Waals surface area contributed by atoms with Crippen molar-refractivity contribution in [2.45, 2.75) is 45.9 Å². The summed E-state index contributed by atoms with van der Waals surface area (Å²) in [5.41, 5.74) is 1.34. The average Bonchev–Trinajstić information content (AvgIpc) is 2.84. The van der Waals surface area contributed by atoms with Crippen LogP contribution in [0.1, 0.15) is 52.0 Å². The van der Waals surface area contributed by atoms with Gasteiger partial charge in [0.15, 0.2) is 0 Å². The van der Waals surface area contributed by atoms with Gasteiger partial charge in [-0.25, -0.2) is 14.2 Å². The van der Waals surface area contributed by atoms with E-state index in [4.69, 9.17) is 4.74 Å². The first kappa shape index (κ1) is 27.0. The first-order chi connectivity index (χ1) is 17.1. The standard InChI is InChI=1S/C27H33FN4O4.2H2/c1-17(2)30-27(35)31(5)15-24-18(3)14-32(19(4)16-33)26(34)23-12-21(13-29-25(23)36-24)7-6-20-8-10-22(28)11-9-20;;/h8-13,17-19,24,33H,14-16H2,1-5H3,(H,30,35);2*1H/t18-,19+,24-;;/m0../s1. The van der Waals surface area contributed by atoms with Crippen molar-refractivity contribution < 1.29 is 26.7 Å². The minimum absolute atomic E-state index is 0. The Balaban J connectivity index is 0.00000361. The van der Waals surface area contributed by atoms with Gasteiger partial charge in [0.25, 0.3) is 5.91 Å². The monoisotopic (exact) mass is 500 g/mol. The van der Waals surface area contributed by atoms with Crippen LogP contribution in [-0.2, 0) is 0 Å². The number of nitrogens with one attached hydrogen (secondary N) is 1. The number of aliphatic hydroxyl groups is 1. The Kier molecular flexibility index (Phi) is 8.88. The number of urea groups is 1. The number of ether oxygens (including phenoxy) is 1. The van der Waals surface area contributed by atoms with Crippen molar-refractivity contribution in [2.75, 3.05) is 26.7 Å². The SMILES string of the molecule is CC(C)NC(=O)N(C)C[C@@H]1Oc2ncc(C#Cc3ccc(F)cc3)cc2C(=O)N([C@H](C)CO)C[C@@H]1C.[HH].[HH]. The smallest absolute Gasteiger partial charge is 0.317 e. The van der Waals surface area contributed by atoms with Crippen LogP contribution in [-0.4, -0.2) is 76.8 Å². The number of benzene rings is 1. The van der Waals surface area contributed by atoms with E-state index in [1.165, 1.54) is 18.3 Å². The van der Waals surface area contributed by atoms with Gasteiger partial charge in [-0.2, -0.15) is 0 Å². The fraction of sp³-hybridized carbons (Fsp3) is 0.444. The van der Waals surface area contributed by atoms with Crippen LogP contribution in [0.4, 0.5) is 9.18 Å². The normalized spacial score (nSPS) is 18.2. The molecule has 36 heavy (non-hydrogen) atoms. The molecule has 0 saturated heterocycles. The van der Waals surface area contributed by atoms with Crippen LogP contribution >= 0.6 is 0 Å². The van der Waals surface area contributed by atoms with Crippen molar-refractivity contribution in [1.82, 2.24) is 20.1 Å². The van der Waals surface area contributed by atoms with E-state index < -0.39 is 12.1 Å². The number of amides is 3. The van der Waals surface area contributed by atoms with Gasteiger partial charge in [0.05, 0.1) is 19.2 Å². The molecule has 0 aliphatic carbocycles. The van der Waals surface area contributed by atoms with Crippen molar-refractivity contribution in [3.8, 4) is 17.7 Å². The summed E-state index contributed by atoms with van der Waals surface area (Å²) in [6.45, 7) is 7.90. The second-order valence-corrected chi connectivity index (χ2v) is 9.44. The molecule has 0 bridgehead atoms. The molecule has 1 aliphatic heterocycles. The summed E-state index contributed by atoms with van der Waals surface area (Å²) >= 11 is 0. The van der Waals surface area contributed by atoms with E-state index in [2.05, 4.69) is 22.1 Å². The molecule has 0 unspecified atom stereocenters. The molecule has 2 N–H and O–H groups in total. The summed E-state index contributed by atoms with van der Waals surface area (Å²) in [5, 5.41) is 12.7. The fourth-order valence-corrected chi connectivity index (χ4v) is 3.78. The van der Waals surface area contributed by atoms with Gasteiger partial charge in [-0.05, 0) is 51.1 Å². The number of carbonyl (C=O) groups is 2. The van der Waals surface area contributed by atoms with Crippen molar-refractivity contribution >= 4 is 11.9 Å². The summed E-state index contributed by atoms with van der Waals surface area (Å²) in [4.78, 5) is 33.5. The minimum Gasteiger partial charge on any atom is -0.472 e. The van der Waals surface area contributed by atoms with E-state index in [0.29, 0.717) is 17.7 Å². The summed E-state index contributed by atoms with van der Waals surface area (Å²) in [5.74, 6) is 5.23. The molecular formula is C27H37FN4O4. The number of aliphatic hydroxyl groups excluding tert-OH is 1. The molecule has 196 valence electrons. The highest BCUT2D eigenvalue weighted by Gasteiger charge is 2.34. The Morgan fingerprint density at radius 2 is 1.97 bits per heavy atom. The number of aromatic nitrogens is 1. The van der Waals surface area contributed by atoms with Crippen LogP contribution in [0.5, 0.6) is 5.88 Å². The third kappa shape index (κ3) is 6.73.